The number of aromatic nitrogens is 1. The summed E-state index contributed by atoms with van der Waals surface area (Å²) < 4.78 is 5.05. The maximum absolute atomic E-state index is 10.7. The molecule has 1 aliphatic rings. The summed E-state index contributed by atoms with van der Waals surface area (Å²) in [7, 11) is 0. The SMILES string of the molecule is Cc1cc(C2CCC(OC(N)=O)CC2)cc(C)n1. The van der Waals surface area contributed by atoms with E-state index in [1.54, 1.807) is 0 Å². The molecule has 2 rings (SSSR count). The highest BCUT2D eigenvalue weighted by Gasteiger charge is 2.24. The fourth-order valence-electron chi connectivity index (χ4n) is 2.78. The quantitative estimate of drug-likeness (QED) is 0.875. The number of nitrogens with two attached hydrogens (primary N) is 1. The van der Waals surface area contributed by atoms with Crippen LogP contribution < -0.4 is 5.73 Å². The van der Waals surface area contributed by atoms with Gasteiger partial charge in [-0.15, -0.1) is 0 Å². The van der Waals surface area contributed by atoms with Crippen molar-refractivity contribution in [2.24, 2.45) is 5.73 Å². The third-order valence-electron chi connectivity index (χ3n) is 3.53. The van der Waals surface area contributed by atoms with Gasteiger partial charge in [0.2, 0.25) is 0 Å². The lowest BCUT2D eigenvalue weighted by atomic mass is 9.82. The van der Waals surface area contributed by atoms with Gasteiger partial charge >= 0.3 is 6.09 Å². The molecule has 1 aromatic rings. The lowest BCUT2D eigenvalue weighted by Gasteiger charge is -2.28. The number of pyridine rings is 1. The lowest BCUT2D eigenvalue weighted by molar-refractivity contribution is 0.0787. The third kappa shape index (κ3) is 3.22. The fourth-order valence-corrected chi connectivity index (χ4v) is 2.78. The van der Waals surface area contributed by atoms with E-state index in [0.29, 0.717) is 5.92 Å². The summed E-state index contributed by atoms with van der Waals surface area (Å²) in [5.74, 6) is 0.554. The maximum Gasteiger partial charge on any atom is 0.404 e. The molecule has 98 valence electrons. The monoisotopic (exact) mass is 248 g/mol. The number of carbonyl (C=O) groups excluding carboxylic acids is 1. The molecule has 2 N–H and O–H groups in total. The van der Waals surface area contributed by atoms with Gasteiger partial charge in [-0.3, -0.25) is 4.98 Å². The molecule has 0 radical (unpaired) electrons. The average Bonchev–Trinajstić information content (AvgIpc) is 2.27. The van der Waals surface area contributed by atoms with Crippen LogP contribution in [0.1, 0.15) is 48.6 Å². The summed E-state index contributed by atoms with van der Waals surface area (Å²) >= 11 is 0. The second kappa shape index (κ2) is 5.38. The van der Waals surface area contributed by atoms with Gasteiger partial charge in [-0.2, -0.15) is 0 Å². The summed E-state index contributed by atoms with van der Waals surface area (Å²) in [5.41, 5.74) is 8.54. The largest absolute Gasteiger partial charge is 0.446 e. The van der Waals surface area contributed by atoms with Crippen molar-refractivity contribution in [2.45, 2.75) is 51.6 Å². The predicted octanol–water partition coefficient (Wildman–Crippen LogP) is 2.82. The molecule has 1 fully saturated rings. The number of hydrogen-bond donors (Lipinski definition) is 1. The van der Waals surface area contributed by atoms with Crippen molar-refractivity contribution in [3.63, 3.8) is 0 Å². The first-order valence-corrected chi connectivity index (χ1v) is 6.46. The molecule has 0 bridgehead atoms. The van der Waals surface area contributed by atoms with Crippen LogP contribution in [0.25, 0.3) is 0 Å². The van der Waals surface area contributed by atoms with Crippen LogP contribution in [-0.4, -0.2) is 17.2 Å². The van der Waals surface area contributed by atoms with Crippen LogP contribution in [0.15, 0.2) is 12.1 Å². The van der Waals surface area contributed by atoms with Crippen molar-refractivity contribution >= 4 is 6.09 Å². The minimum absolute atomic E-state index is 0.00258. The molecule has 4 heteroatoms. The number of primary amides is 1. The van der Waals surface area contributed by atoms with E-state index >= 15 is 0 Å². The van der Waals surface area contributed by atoms with E-state index in [1.165, 1.54) is 5.56 Å². The molecule has 1 aromatic heterocycles. The van der Waals surface area contributed by atoms with Gasteiger partial charge in [-0.1, -0.05) is 0 Å². The molecule has 1 heterocycles. The van der Waals surface area contributed by atoms with Gasteiger partial charge in [0.1, 0.15) is 6.10 Å². The zero-order valence-corrected chi connectivity index (χ0v) is 11.0. The van der Waals surface area contributed by atoms with Crippen LogP contribution in [0.3, 0.4) is 0 Å². The van der Waals surface area contributed by atoms with Crippen molar-refractivity contribution in [1.29, 1.82) is 0 Å². The molecule has 0 aliphatic heterocycles. The minimum atomic E-state index is -0.658. The van der Waals surface area contributed by atoms with Crippen molar-refractivity contribution < 1.29 is 9.53 Å². The number of carbonyl (C=O) groups is 1. The molecular formula is C14H20N2O2. The Hall–Kier alpha value is -1.58. The van der Waals surface area contributed by atoms with Crippen molar-refractivity contribution in [2.75, 3.05) is 0 Å². The second-order valence-electron chi connectivity index (χ2n) is 5.09. The van der Waals surface area contributed by atoms with Crippen molar-refractivity contribution in [1.82, 2.24) is 4.98 Å². The van der Waals surface area contributed by atoms with E-state index in [0.717, 1.165) is 37.1 Å². The summed E-state index contributed by atoms with van der Waals surface area (Å²) in [4.78, 5) is 15.1. The number of ether oxygens (including phenoxy) is 1. The van der Waals surface area contributed by atoms with Crippen LogP contribution >= 0.6 is 0 Å². The van der Waals surface area contributed by atoms with E-state index < -0.39 is 6.09 Å². The Kier molecular flexibility index (Phi) is 3.84. The maximum atomic E-state index is 10.7. The van der Waals surface area contributed by atoms with Gasteiger partial charge < -0.3 is 10.5 Å². The molecular weight excluding hydrogens is 228 g/mol. The zero-order chi connectivity index (χ0) is 13.1. The Labute approximate surface area is 108 Å². The third-order valence-corrected chi connectivity index (χ3v) is 3.53. The van der Waals surface area contributed by atoms with E-state index in [9.17, 15) is 4.79 Å². The summed E-state index contributed by atoms with van der Waals surface area (Å²) in [5, 5.41) is 0. The van der Waals surface area contributed by atoms with Crippen LogP contribution in [0.2, 0.25) is 0 Å². The van der Waals surface area contributed by atoms with E-state index in [2.05, 4.69) is 17.1 Å². The fraction of sp³-hybridized carbons (Fsp3) is 0.571. The van der Waals surface area contributed by atoms with Crippen LogP contribution in [-0.2, 0) is 4.74 Å². The van der Waals surface area contributed by atoms with Gasteiger partial charge in [0, 0.05) is 11.4 Å². The molecule has 1 amide bonds. The van der Waals surface area contributed by atoms with Crippen molar-refractivity contribution in [3.8, 4) is 0 Å². The minimum Gasteiger partial charge on any atom is -0.446 e. The highest BCUT2D eigenvalue weighted by molar-refractivity contribution is 5.64. The summed E-state index contributed by atoms with van der Waals surface area (Å²) in [6, 6.07) is 4.32. The lowest BCUT2D eigenvalue weighted by Crippen LogP contribution is -2.26. The Balaban J connectivity index is 1.98. The molecule has 4 nitrogen and oxygen atoms in total. The Bertz CT molecular complexity index is 417. The van der Waals surface area contributed by atoms with Crippen LogP contribution in [0.4, 0.5) is 4.79 Å². The van der Waals surface area contributed by atoms with E-state index in [-0.39, 0.29) is 6.10 Å². The highest BCUT2D eigenvalue weighted by atomic mass is 16.6. The Morgan fingerprint density at radius 1 is 1.22 bits per heavy atom. The first-order chi connectivity index (χ1) is 8.54. The summed E-state index contributed by atoms with van der Waals surface area (Å²) in [6.07, 6.45) is 3.22. The molecule has 0 saturated heterocycles. The summed E-state index contributed by atoms with van der Waals surface area (Å²) in [6.45, 7) is 4.05. The number of rotatable bonds is 2. The van der Waals surface area contributed by atoms with Gasteiger partial charge in [0.05, 0.1) is 0 Å². The van der Waals surface area contributed by atoms with Gasteiger partial charge in [0.15, 0.2) is 0 Å². The van der Waals surface area contributed by atoms with E-state index in [4.69, 9.17) is 10.5 Å². The Morgan fingerprint density at radius 3 is 2.28 bits per heavy atom. The molecule has 0 aromatic carbocycles. The molecule has 0 spiro atoms. The molecule has 1 aliphatic carbocycles. The predicted molar refractivity (Wildman–Crippen MR) is 69.4 cm³/mol. The van der Waals surface area contributed by atoms with Gasteiger partial charge in [-0.25, -0.2) is 4.79 Å². The average molecular weight is 248 g/mol. The van der Waals surface area contributed by atoms with Crippen LogP contribution in [0.5, 0.6) is 0 Å². The number of hydrogen-bond acceptors (Lipinski definition) is 3. The van der Waals surface area contributed by atoms with Gasteiger partial charge in [0.25, 0.3) is 0 Å². The zero-order valence-electron chi connectivity index (χ0n) is 11.0. The van der Waals surface area contributed by atoms with Crippen LogP contribution in [0, 0.1) is 13.8 Å². The first-order valence-electron chi connectivity index (χ1n) is 6.46. The van der Waals surface area contributed by atoms with Crippen molar-refractivity contribution in [3.05, 3.63) is 29.1 Å². The first kappa shape index (κ1) is 12.9. The topological polar surface area (TPSA) is 65.2 Å². The second-order valence-corrected chi connectivity index (χ2v) is 5.09. The number of aryl methyl sites for hydroxylation is 2. The number of nitrogens with zero attached hydrogens (tertiary/aromatic N) is 1. The normalized spacial score (nSPS) is 23.7. The molecule has 0 atom stereocenters. The standard InChI is InChI=1S/C14H20N2O2/c1-9-7-12(8-10(2)16-9)11-3-5-13(6-4-11)18-14(15)17/h7-8,11,13H,3-6H2,1-2H3,(H2,15,17). The van der Waals surface area contributed by atoms with Gasteiger partial charge in [-0.05, 0) is 63.1 Å². The highest BCUT2D eigenvalue weighted by Crippen LogP contribution is 2.34. The number of amides is 1. The smallest absolute Gasteiger partial charge is 0.404 e. The van der Waals surface area contributed by atoms with E-state index in [1.807, 2.05) is 13.8 Å². The Morgan fingerprint density at radius 2 is 1.78 bits per heavy atom. The molecule has 18 heavy (non-hydrogen) atoms. The molecule has 0 unspecified atom stereocenters. The molecule has 1 saturated carbocycles.